The van der Waals surface area contributed by atoms with Crippen molar-refractivity contribution in [3.8, 4) is 0 Å². The maximum atomic E-state index is 9.00. The molecule has 12 heteroatoms. The van der Waals surface area contributed by atoms with E-state index >= 15 is 0 Å². The molecular weight excluding hydrogens is 346 g/mol. The molecule has 137 valence electrons. The van der Waals surface area contributed by atoms with Gasteiger partial charge < -0.3 is 31.9 Å². The summed E-state index contributed by atoms with van der Waals surface area (Å²) in [5.74, 6) is -3.33. The molecule has 0 amide bonds. The summed E-state index contributed by atoms with van der Waals surface area (Å²) in [4.78, 5) is 36.0. The van der Waals surface area contributed by atoms with Gasteiger partial charge in [0, 0.05) is 40.8 Å². The average Bonchev–Trinajstić information content (AvgIpc) is 2.28. The minimum absolute atomic E-state index is 0.597. The molecule has 0 radical (unpaired) electrons. The summed E-state index contributed by atoms with van der Waals surface area (Å²) < 4.78 is 4.25. The topological polar surface area (TPSA) is 227 Å². The van der Waals surface area contributed by atoms with Gasteiger partial charge in [0.2, 0.25) is 0 Å². The van der Waals surface area contributed by atoms with Gasteiger partial charge in [0.25, 0.3) is 23.9 Å². The molecule has 11 nitrogen and oxygen atoms in total. The van der Waals surface area contributed by atoms with Crippen molar-refractivity contribution in [1.29, 1.82) is 0 Å². The Hall–Kier alpha value is -1.72. The van der Waals surface area contributed by atoms with Gasteiger partial charge in [-0.25, -0.2) is 0 Å². The van der Waals surface area contributed by atoms with Crippen LogP contribution in [0.25, 0.3) is 0 Å². The van der Waals surface area contributed by atoms with Crippen molar-refractivity contribution in [1.82, 2.24) is 0 Å². The van der Waals surface area contributed by atoms with E-state index in [1.807, 2.05) is 0 Å². The summed E-state index contributed by atoms with van der Waals surface area (Å²) in [6.45, 7) is 5.53. The average molecular weight is 372 g/mol. The Kier molecular flexibility index (Phi) is 71.8. The van der Waals surface area contributed by atoms with Gasteiger partial charge in [-0.1, -0.05) is 0 Å². The summed E-state index contributed by atoms with van der Waals surface area (Å²) in [7, 11) is 0. The molecule has 0 aromatic heterocycles. The standard InChI is InChI=1S/C2H8N2.4C2H4O2.Fe.H2N/c3-1-2-4;4*1-2(3)4;;/h1-4H2;4*1H3,(H,3,4);;1H2/q;;;;;+1;-1. The summed E-state index contributed by atoms with van der Waals surface area (Å²) in [5, 5.41) is 29.7. The van der Waals surface area contributed by atoms with Crippen LogP contribution in [0.4, 0.5) is 0 Å². The molecular formula is C10H26FeN3O8. The number of carboxylic acids is 4. The molecule has 0 fully saturated rings. The molecule has 0 spiro atoms. The van der Waals surface area contributed by atoms with Crippen LogP contribution in [0.15, 0.2) is 0 Å². The van der Waals surface area contributed by atoms with Gasteiger partial charge in [0.05, 0.1) is 0 Å². The van der Waals surface area contributed by atoms with E-state index in [1.165, 1.54) is 0 Å². The van der Waals surface area contributed by atoms with Crippen molar-refractivity contribution in [2.24, 2.45) is 16.2 Å². The number of hydrogen-bond donors (Lipinski definition) is 7. The second-order valence-corrected chi connectivity index (χ2v) is 2.65. The van der Waals surface area contributed by atoms with Gasteiger partial charge in [-0.3, -0.25) is 19.2 Å². The number of carboxylic acid groups (broad SMARTS) is 4. The van der Waals surface area contributed by atoms with Gasteiger partial charge in [-0.15, -0.1) is 0 Å². The van der Waals surface area contributed by atoms with E-state index in [-0.39, 0.29) is 0 Å². The molecule has 0 aliphatic carbocycles. The Morgan fingerprint density at radius 3 is 0.682 bits per heavy atom. The molecule has 0 rings (SSSR count). The minimum atomic E-state index is -0.833. The fourth-order valence-electron chi connectivity index (χ4n) is 0. The Morgan fingerprint density at radius 2 is 0.682 bits per heavy atom. The van der Waals surface area contributed by atoms with Crippen LogP contribution in [0.5, 0.6) is 0 Å². The quantitative estimate of drug-likeness (QED) is 0.267. The van der Waals surface area contributed by atoms with E-state index in [4.69, 9.17) is 51.1 Å². The molecule has 0 aromatic carbocycles. The van der Waals surface area contributed by atoms with Crippen molar-refractivity contribution in [3.63, 3.8) is 0 Å². The molecule has 0 atom stereocenters. The second kappa shape index (κ2) is 42.7. The van der Waals surface area contributed by atoms with Crippen molar-refractivity contribution in [3.05, 3.63) is 0 Å². The SMILES string of the molecule is CC(=O)O.CC(=O)O.CC(=O)O.CC(=O)O.NCCN.[NH2][Fe]. The third-order valence-electron chi connectivity index (χ3n) is 0.167. The van der Waals surface area contributed by atoms with Crippen LogP contribution in [0, 0.1) is 0 Å². The van der Waals surface area contributed by atoms with E-state index < -0.39 is 23.9 Å². The zero-order chi connectivity index (χ0) is 19.7. The van der Waals surface area contributed by atoms with Crippen LogP contribution >= 0.6 is 0 Å². The fourth-order valence-corrected chi connectivity index (χ4v) is 0. The molecule has 0 saturated carbocycles. The molecule has 0 aromatic rings. The van der Waals surface area contributed by atoms with E-state index in [9.17, 15) is 0 Å². The molecule has 0 aliphatic rings. The third kappa shape index (κ3) is 10500. The zero-order valence-electron chi connectivity index (χ0n) is 12.9. The Bertz CT molecular complexity index is 199. The van der Waals surface area contributed by atoms with Gasteiger partial charge in [-0.05, 0) is 0 Å². The molecule has 0 aliphatic heterocycles. The monoisotopic (exact) mass is 372 g/mol. The molecule has 0 heterocycles. The van der Waals surface area contributed by atoms with E-state index in [0.29, 0.717) is 13.1 Å². The normalized spacial score (nSPS) is 6.18. The van der Waals surface area contributed by atoms with Crippen LogP contribution in [0.3, 0.4) is 0 Å². The first-order chi connectivity index (χ1) is 9.84. The summed E-state index contributed by atoms with van der Waals surface area (Å²) in [6.07, 6.45) is 0. The van der Waals surface area contributed by atoms with Crippen LogP contribution < -0.4 is 16.2 Å². The number of carbonyl (C=O) groups is 4. The zero-order valence-corrected chi connectivity index (χ0v) is 14.0. The first-order valence-corrected chi connectivity index (χ1v) is 5.87. The predicted molar refractivity (Wildman–Crippen MR) is 75.5 cm³/mol. The maximum absolute atomic E-state index is 9.00. The summed E-state index contributed by atoms with van der Waals surface area (Å²) in [5.41, 5.74) is 9.81. The summed E-state index contributed by atoms with van der Waals surface area (Å²) in [6, 6.07) is 0. The van der Waals surface area contributed by atoms with E-state index in [1.54, 1.807) is 0 Å². The first-order valence-electron chi connectivity index (χ1n) is 5.23. The van der Waals surface area contributed by atoms with E-state index in [2.05, 4.69) is 21.0 Å². The third-order valence-corrected chi connectivity index (χ3v) is 0.167. The van der Waals surface area contributed by atoms with Gasteiger partial charge >= 0.3 is 21.0 Å². The Balaban J connectivity index is -0.0000000353. The Morgan fingerprint density at radius 1 is 0.636 bits per heavy atom. The molecule has 10 N–H and O–H groups in total. The van der Waals surface area contributed by atoms with Crippen LogP contribution in [-0.2, 0) is 35.4 Å². The summed E-state index contributed by atoms with van der Waals surface area (Å²) >= 11 is 2.75. The predicted octanol–water partition coefficient (Wildman–Crippen LogP) is -1.33. The van der Waals surface area contributed by atoms with E-state index in [0.717, 1.165) is 27.7 Å². The van der Waals surface area contributed by atoms with Crippen LogP contribution in [-0.4, -0.2) is 57.4 Å². The molecule has 0 bridgehead atoms. The van der Waals surface area contributed by atoms with Crippen LogP contribution in [0.1, 0.15) is 27.7 Å². The van der Waals surface area contributed by atoms with Gasteiger partial charge in [0.1, 0.15) is 0 Å². The first kappa shape index (κ1) is 37.0. The number of aliphatic carboxylic acids is 4. The Labute approximate surface area is 137 Å². The van der Waals surface area contributed by atoms with Gasteiger partial charge in [-0.2, -0.15) is 0 Å². The van der Waals surface area contributed by atoms with Crippen LogP contribution in [0.2, 0.25) is 0 Å². The fraction of sp³-hybridized carbons (Fsp3) is 0.600. The van der Waals surface area contributed by atoms with Crippen molar-refractivity contribution in [2.75, 3.05) is 13.1 Å². The van der Waals surface area contributed by atoms with Crippen molar-refractivity contribution in [2.45, 2.75) is 27.7 Å². The second-order valence-electron chi connectivity index (χ2n) is 2.65. The molecule has 22 heavy (non-hydrogen) atoms. The molecule has 0 saturated heterocycles. The van der Waals surface area contributed by atoms with Crippen molar-refractivity contribution < 1.29 is 55.8 Å². The number of rotatable bonds is 1. The number of nitrogens with two attached hydrogens (primary N) is 3. The molecule has 0 unspecified atom stereocenters. The number of hydrogen-bond acceptors (Lipinski definition) is 7. The van der Waals surface area contributed by atoms with Gasteiger partial charge in [0.15, 0.2) is 0 Å². The van der Waals surface area contributed by atoms with Crippen molar-refractivity contribution >= 4 is 23.9 Å².